The number of aryl methyl sites for hydroxylation is 1. The Morgan fingerprint density at radius 2 is 1.15 bits per heavy atom. The lowest BCUT2D eigenvalue weighted by Gasteiger charge is -2.47. The molecule has 1 heterocycles. The van der Waals surface area contributed by atoms with Gasteiger partial charge < -0.3 is 28.4 Å². The third kappa shape index (κ3) is 13.3. The van der Waals surface area contributed by atoms with Crippen LogP contribution in [0.5, 0.6) is 0 Å². The van der Waals surface area contributed by atoms with Crippen LogP contribution in [0, 0.1) is 28.6 Å². The first kappa shape index (κ1) is 44.4. The van der Waals surface area contributed by atoms with Crippen LogP contribution in [0.15, 0.2) is 36.4 Å². The van der Waals surface area contributed by atoms with Crippen LogP contribution in [0.4, 0.5) is 0 Å². The van der Waals surface area contributed by atoms with Gasteiger partial charge in [-0.1, -0.05) is 35.9 Å². The largest absolute Gasteiger partial charge is 0.463 e. The molecule has 3 unspecified atom stereocenters. The van der Waals surface area contributed by atoms with Crippen LogP contribution in [-0.2, 0) is 52.4 Å². The molecule has 0 aromatic heterocycles. The second kappa shape index (κ2) is 17.8. The number of rotatable bonds is 12. The summed E-state index contributed by atoms with van der Waals surface area (Å²) >= 11 is 0. The summed E-state index contributed by atoms with van der Waals surface area (Å²) in [5.41, 5.74) is -2.01. The molecule has 6 atom stereocenters. The van der Waals surface area contributed by atoms with E-state index < -0.39 is 88.2 Å². The van der Waals surface area contributed by atoms with Gasteiger partial charge in [-0.3, -0.25) is 24.5 Å². The summed E-state index contributed by atoms with van der Waals surface area (Å²) < 4.78 is 35.7. The minimum absolute atomic E-state index is 0.219. The smallest absolute Gasteiger partial charge is 0.330 e. The molecule has 1 aliphatic rings. The van der Waals surface area contributed by atoms with E-state index in [0.29, 0.717) is 0 Å². The Morgan fingerprint density at radius 1 is 0.692 bits per heavy atom. The third-order valence-electron chi connectivity index (χ3n) is 7.95. The number of hydrogen-bond acceptors (Lipinski definition) is 12. The van der Waals surface area contributed by atoms with Crippen molar-refractivity contribution in [3.8, 4) is 0 Å². The Bertz CT molecular complexity index is 1420. The van der Waals surface area contributed by atoms with Crippen molar-refractivity contribution < 1.29 is 52.4 Å². The Labute approximate surface area is 309 Å². The summed E-state index contributed by atoms with van der Waals surface area (Å²) in [6, 6.07) is 7.15. The molecule has 0 radical (unpaired) electrons. The summed E-state index contributed by atoms with van der Waals surface area (Å²) in [7, 11) is 0. The van der Waals surface area contributed by atoms with Crippen molar-refractivity contribution in [1.82, 2.24) is 5.32 Å². The van der Waals surface area contributed by atoms with Gasteiger partial charge in [-0.05, 0) is 109 Å². The van der Waals surface area contributed by atoms with E-state index >= 15 is 0 Å². The topological polar surface area (TPSA) is 153 Å². The van der Waals surface area contributed by atoms with Gasteiger partial charge in [-0.2, -0.15) is 0 Å². The second-order valence-corrected chi connectivity index (χ2v) is 17.3. The molecular formula is C40H61NO11. The van der Waals surface area contributed by atoms with E-state index in [1.165, 1.54) is 6.08 Å². The molecule has 1 fully saturated rings. The van der Waals surface area contributed by atoms with Gasteiger partial charge in [0.25, 0.3) is 0 Å². The number of carbonyl (C=O) groups is 5. The molecule has 1 aromatic carbocycles. The maximum atomic E-state index is 13.6. The fraction of sp³-hybridized carbons (Fsp3) is 0.675. The molecule has 0 bridgehead atoms. The van der Waals surface area contributed by atoms with Crippen LogP contribution in [0.3, 0.4) is 0 Å². The van der Waals surface area contributed by atoms with Crippen LogP contribution in [-0.4, -0.2) is 73.7 Å². The lowest BCUT2D eigenvalue weighted by molar-refractivity contribution is -0.266. The van der Waals surface area contributed by atoms with Gasteiger partial charge in [0.1, 0.15) is 12.7 Å². The first-order valence-corrected chi connectivity index (χ1v) is 17.9. The summed E-state index contributed by atoms with van der Waals surface area (Å²) in [6.07, 6.45) is -3.24. The van der Waals surface area contributed by atoms with Crippen molar-refractivity contribution in [3.63, 3.8) is 0 Å². The van der Waals surface area contributed by atoms with Gasteiger partial charge in [0, 0.05) is 12.1 Å². The summed E-state index contributed by atoms with van der Waals surface area (Å²) in [6.45, 7) is 23.7. The van der Waals surface area contributed by atoms with Crippen molar-refractivity contribution in [1.29, 1.82) is 0 Å². The van der Waals surface area contributed by atoms with E-state index in [4.69, 9.17) is 28.4 Å². The Hall–Kier alpha value is -3.77. The quantitative estimate of drug-likeness (QED) is 0.145. The highest BCUT2D eigenvalue weighted by atomic mass is 16.7. The molecule has 0 amide bonds. The Kier molecular flexibility index (Phi) is 15.2. The first-order chi connectivity index (χ1) is 23.7. The van der Waals surface area contributed by atoms with Crippen molar-refractivity contribution in [2.24, 2.45) is 21.7 Å². The van der Waals surface area contributed by atoms with Crippen LogP contribution in [0.25, 0.3) is 0 Å². The normalized spacial score (nSPS) is 21.9. The molecule has 0 saturated carbocycles. The second-order valence-electron chi connectivity index (χ2n) is 17.3. The lowest BCUT2D eigenvalue weighted by Crippen LogP contribution is -2.66. The van der Waals surface area contributed by atoms with Gasteiger partial charge in [0.15, 0.2) is 24.5 Å². The highest BCUT2D eigenvalue weighted by Gasteiger charge is 2.55. The Morgan fingerprint density at radius 3 is 1.62 bits per heavy atom. The minimum atomic E-state index is -1.40. The van der Waals surface area contributed by atoms with E-state index in [2.05, 4.69) is 5.32 Å². The molecule has 2 rings (SSSR count). The van der Waals surface area contributed by atoms with E-state index in [0.717, 1.165) is 11.1 Å². The van der Waals surface area contributed by atoms with Crippen molar-refractivity contribution in [2.45, 2.75) is 140 Å². The molecule has 1 aliphatic heterocycles. The molecule has 12 nitrogen and oxygen atoms in total. The number of hydrogen-bond donors (Lipinski definition) is 1. The maximum absolute atomic E-state index is 13.6. The third-order valence-corrected chi connectivity index (χ3v) is 7.95. The van der Waals surface area contributed by atoms with Gasteiger partial charge in [0.05, 0.1) is 28.3 Å². The molecule has 52 heavy (non-hydrogen) atoms. The van der Waals surface area contributed by atoms with Crippen molar-refractivity contribution in [2.75, 3.05) is 13.2 Å². The summed E-state index contributed by atoms with van der Waals surface area (Å²) in [4.78, 5) is 65.9. The van der Waals surface area contributed by atoms with Crippen molar-refractivity contribution in [3.05, 3.63) is 47.5 Å². The van der Waals surface area contributed by atoms with Gasteiger partial charge in [-0.15, -0.1) is 0 Å². The fourth-order valence-electron chi connectivity index (χ4n) is 4.65. The first-order valence-electron chi connectivity index (χ1n) is 17.9. The van der Waals surface area contributed by atoms with E-state index in [9.17, 15) is 24.0 Å². The lowest BCUT2D eigenvalue weighted by atomic mass is 9.92. The minimum Gasteiger partial charge on any atom is -0.463 e. The zero-order chi connectivity index (χ0) is 39.8. The Balaban J connectivity index is 2.81. The van der Waals surface area contributed by atoms with E-state index in [1.807, 2.05) is 31.2 Å². The fourth-order valence-corrected chi connectivity index (χ4v) is 4.65. The van der Waals surface area contributed by atoms with Crippen LogP contribution < -0.4 is 5.32 Å². The number of benzene rings is 1. The van der Waals surface area contributed by atoms with Crippen LogP contribution >= 0.6 is 0 Å². The summed E-state index contributed by atoms with van der Waals surface area (Å²) in [5.74, 6) is -2.96. The zero-order valence-electron chi connectivity index (χ0n) is 33.5. The molecule has 1 aromatic rings. The molecule has 292 valence electrons. The molecule has 12 heteroatoms. The highest BCUT2D eigenvalue weighted by Crippen LogP contribution is 2.35. The van der Waals surface area contributed by atoms with Gasteiger partial charge >= 0.3 is 29.8 Å². The molecule has 1 saturated heterocycles. The van der Waals surface area contributed by atoms with Crippen LogP contribution in [0.1, 0.15) is 114 Å². The standard InChI is InChI=1S/C40H61NO11/c1-15-47-28(42)18-16-17-26(25-21-19-24(2)20-22-25)41-32-31(52-36(46)40(12,13)14)30(51-35(45)39(9,10)11)29(50-34(44)38(6,7)8)27(49-32)23-48-33(43)37(3,4)5/h16,18-22,26-27,29-32,41H,15,17,23H2,1-14H3/b18-16+/t26-,27?,29-,30?,31?,32+/m0/s1. The number of carbonyl (C=O) groups excluding carboxylic acids is 5. The van der Waals surface area contributed by atoms with E-state index in [1.54, 1.807) is 96.1 Å². The molecule has 0 spiro atoms. The average Bonchev–Trinajstić information content (AvgIpc) is 3.00. The molecular weight excluding hydrogens is 670 g/mol. The number of ether oxygens (including phenoxy) is 6. The molecule has 1 N–H and O–H groups in total. The predicted molar refractivity (Wildman–Crippen MR) is 195 cm³/mol. The average molecular weight is 732 g/mol. The van der Waals surface area contributed by atoms with E-state index in [-0.39, 0.29) is 19.6 Å². The number of nitrogens with one attached hydrogen (secondary N) is 1. The highest BCUT2D eigenvalue weighted by molar-refractivity contribution is 5.82. The van der Waals surface area contributed by atoms with Gasteiger partial charge in [-0.25, -0.2) is 4.79 Å². The molecule has 0 aliphatic carbocycles. The van der Waals surface area contributed by atoms with Crippen molar-refractivity contribution >= 4 is 29.8 Å². The maximum Gasteiger partial charge on any atom is 0.330 e. The zero-order valence-corrected chi connectivity index (χ0v) is 33.5. The van der Waals surface area contributed by atoms with Gasteiger partial charge in [0.2, 0.25) is 0 Å². The predicted octanol–water partition coefficient (Wildman–Crippen LogP) is 6.32. The van der Waals surface area contributed by atoms with Crippen LogP contribution in [0.2, 0.25) is 0 Å². The summed E-state index contributed by atoms with van der Waals surface area (Å²) in [5, 5.41) is 3.42. The monoisotopic (exact) mass is 731 g/mol. The SMILES string of the molecule is CCOC(=O)/C=C/C[C@H](N[C@@H]1OC(COC(=O)C(C)(C)C)[C@H](OC(=O)C(C)(C)C)C(OC(=O)C(C)(C)C)C1OC(=O)C(C)(C)C)c1ccc(C)cc1. The number of esters is 5.